The molecule has 0 saturated heterocycles. The number of carbonyl (C=O) groups is 1. The Hall–Kier alpha value is -1.39. The Labute approximate surface area is 101 Å². The number of rotatable bonds is 2. The van der Waals surface area contributed by atoms with Gasteiger partial charge >= 0.3 is 5.97 Å². The number of pyridine rings is 2. The SMILES string of the molecule is O=C(O)Cc1cc(Cl)nc2nc(Cl)ccc12. The summed E-state index contributed by atoms with van der Waals surface area (Å²) in [6.45, 7) is 0. The summed E-state index contributed by atoms with van der Waals surface area (Å²) < 4.78 is 0. The van der Waals surface area contributed by atoms with E-state index in [4.69, 9.17) is 28.3 Å². The first-order valence-electron chi connectivity index (χ1n) is 4.40. The third kappa shape index (κ3) is 2.23. The van der Waals surface area contributed by atoms with Crippen molar-refractivity contribution in [2.45, 2.75) is 6.42 Å². The molecule has 0 spiro atoms. The molecule has 2 aromatic heterocycles. The quantitative estimate of drug-likeness (QED) is 0.840. The lowest BCUT2D eigenvalue weighted by molar-refractivity contribution is -0.136. The van der Waals surface area contributed by atoms with Crippen molar-refractivity contribution in [2.24, 2.45) is 0 Å². The molecule has 4 nitrogen and oxygen atoms in total. The standard InChI is InChI=1S/C10H6Cl2N2O2/c11-7-2-1-6-5(4-9(15)16)3-8(12)14-10(6)13-7/h1-3H,4H2,(H,15,16). The van der Waals surface area contributed by atoms with Gasteiger partial charge in [0.05, 0.1) is 6.42 Å². The summed E-state index contributed by atoms with van der Waals surface area (Å²) in [5.41, 5.74) is 0.933. The Bertz CT molecular complexity index is 567. The lowest BCUT2D eigenvalue weighted by atomic mass is 10.1. The van der Waals surface area contributed by atoms with Crippen LogP contribution in [0.5, 0.6) is 0 Å². The van der Waals surface area contributed by atoms with Crippen LogP contribution in [-0.4, -0.2) is 21.0 Å². The first-order chi connectivity index (χ1) is 7.56. The highest BCUT2D eigenvalue weighted by Crippen LogP contribution is 2.21. The van der Waals surface area contributed by atoms with Crippen LogP contribution in [0.1, 0.15) is 5.56 Å². The summed E-state index contributed by atoms with van der Waals surface area (Å²) in [5.74, 6) is -0.932. The average molecular weight is 257 g/mol. The molecule has 0 atom stereocenters. The van der Waals surface area contributed by atoms with E-state index in [1.165, 1.54) is 6.07 Å². The normalized spacial score (nSPS) is 10.6. The topological polar surface area (TPSA) is 63.1 Å². The summed E-state index contributed by atoms with van der Waals surface area (Å²) in [7, 11) is 0. The molecule has 1 N–H and O–H groups in total. The van der Waals surface area contributed by atoms with Crippen LogP contribution in [0.2, 0.25) is 10.3 Å². The molecule has 0 aliphatic heterocycles. The van der Waals surface area contributed by atoms with Crippen molar-refractivity contribution in [3.8, 4) is 0 Å². The number of fused-ring (bicyclic) bond motifs is 1. The van der Waals surface area contributed by atoms with E-state index in [2.05, 4.69) is 9.97 Å². The van der Waals surface area contributed by atoms with Crippen molar-refractivity contribution < 1.29 is 9.90 Å². The molecule has 0 radical (unpaired) electrons. The molecule has 2 rings (SSSR count). The van der Waals surface area contributed by atoms with Crippen molar-refractivity contribution in [3.63, 3.8) is 0 Å². The van der Waals surface area contributed by atoms with Gasteiger partial charge in [0, 0.05) is 5.39 Å². The summed E-state index contributed by atoms with van der Waals surface area (Å²) in [6.07, 6.45) is -0.123. The van der Waals surface area contributed by atoms with Crippen molar-refractivity contribution in [3.05, 3.63) is 34.1 Å². The van der Waals surface area contributed by atoms with Gasteiger partial charge < -0.3 is 5.11 Å². The van der Waals surface area contributed by atoms with Crippen molar-refractivity contribution in [1.82, 2.24) is 9.97 Å². The lowest BCUT2D eigenvalue weighted by Crippen LogP contribution is -2.02. The van der Waals surface area contributed by atoms with Crippen LogP contribution in [0, 0.1) is 0 Å². The molecule has 16 heavy (non-hydrogen) atoms. The molecule has 0 saturated carbocycles. The smallest absolute Gasteiger partial charge is 0.307 e. The van der Waals surface area contributed by atoms with Crippen molar-refractivity contribution >= 4 is 40.2 Å². The van der Waals surface area contributed by atoms with Gasteiger partial charge in [-0.3, -0.25) is 4.79 Å². The lowest BCUT2D eigenvalue weighted by Gasteiger charge is -2.04. The molecule has 82 valence electrons. The Balaban J connectivity index is 2.67. The van der Waals surface area contributed by atoms with Crippen molar-refractivity contribution in [2.75, 3.05) is 0 Å². The summed E-state index contributed by atoms with van der Waals surface area (Å²) >= 11 is 11.5. The largest absolute Gasteiger partial charge is 0.481 e. The second-order valence-corrected chi connectivity index (χ2v) is 3.95. The van der Waals surface area contributed by atoms with Crippen LogP contribution in [0.3, 0.4) is 0 Å². The van der Waals surface area contributed by atoms with Crippen LogP contribution in [-0.2, 0) is 11.2 Å². The molecule has 0 bridgehead atoms. The number of hydrogen-bond acceptors (Lipinski definition) is 3. The molecule has 2 heterocycles. The second kappa shape index (κ2) is 4.23. The van der Waals surface area contributed by atoms with Crippen LogP contribution in [0.25, 0.3) is 11.0 Å². The highest BCUT2D eigenvalue weighted by molar-refractivity contribution is 6.30. The maximum Gasteiger partial charge on any atom is 0.307 e. The van der Waals surface area contributed by atoms with Gasteiger partial charge in [-0.2, -0.15) is 0 Å². The minimum absolute atomic E-state index is 0.123. The molecule has 0 fully saturated rings. The van der Waals surface area contributed by atoms with Crippen LogP contribution in [0.15, 0.2) is 18.2 Å². The van der Waals surface area contributed by atoms with Gasteiger partial charge in [-0.1, -0.05) is 23.2 Å². The highest BCUT2D eigenvalue weighted by Gasteiger charge is 2.09. The van der Waals surface area contributed by atoms with Gasteiger partial charge in [-0.05, 0) is 23.8 Å². The first-order valence-corrected chi connectivity index (χ1v) is 5.15. The van der Waals surface area contributed by atoms with E-state index in [9.17, 15) is 4.79 Å². The molecule has 0 unspecified atom stereocenters. The fourth-order valence-electron chi connectivity index (χ4n) is 1.43. The number of nitrogens with zero attached hydrogens (tertiary/aromatic N) is 2. The molecule has 0 aromatic carbocycles. The van der Waals surface area contributed by atoms with Gasteiger partial charge in [-0.25, -0.2) is 9.97 Å². The predicted molar refractivity (Wildman–Crippen MR) is 60.9 cm³/mol. The second-order valence-electron chi connectivity index (χ2n) is 3.18. The van der Waals surface area contributed by atoms with Gasteiger partial charge in [0.1, 0.15) is 10.3 Å². The Morgan fingerprint density at radius 2 is 1.94 bits per heavy atom. The van der Waals surface area contributed by atoms with E-state index in [-0.39, 0.29) is 11.6 Å². The minimum atomic E-state index is -0.932. The Kier molecular flexibility index (Phi) is 2.94. The van der Waals surface area contributed by atoms with Gasteiger partial charge in [-0.15, -0.1) is 0 Å². The van der Waals surface area contributed by atoms with Crippen LogP contribution < -0.4 is 0 Å². The molecule has 0 aliphatic rings. The monoisotopic (exact) mass is 256 g/mol. The zero-order chi connectivity index (χ0) is 11.7. The third-order valence-electron chi connectivity index (χ3n) is 2.03. The number of hydrogen-bond donors (Lipinski definition) is 1. The van der Waals surface area contributed by atoms with Gasteiger partial charge in [0.15, 0.2) is 5.65 Å². The number of carboxylic acid groups (broad SMARTS) is 1. The number of aliphatic carboxylic acids is 1. The van der Waals surface area contributed by atoms with Crippen LogP contribution in [0.4, 0.5) is 0 Å². The molecule has 6 heteroatoms. The maximum atomic E-state index is 10.7. The highest BCUT2D eigenvalue weighted by atomic mass is 35.5. The zero-order valence-electron chi connectivity index (χ0n) is 7.94. The minimum Gasteiger partial charge on any atom is -0.481 e. The molecule has 0 aliphatic carbocycles. The summed E-state index contributed by atoms with van der Waals surface area (Å²) in [6, 6.07) is 4.80. The predicted octanol–water partition coefficient (Wildman–Crippen LogP) is 2.56. The molecule has 2 aromatic rings. The fraction of sp³-hybridized carbons (Fsp3) is 0.100. The van der Waals surface area contributed by atoms with E-state index in [1.54, 1.807) is 12.1 Å². The first kappa shape index (κ1) is 11.1. The summed E-state index contributed by atoms with van der Waals surface area (Å²) in [4.78, 5) is 18.6. The van der Waals surface area contributed by atoms with Gasteiger partial charge in [0.2, 0.25) is 0 Å². The zero-order valence-corrected chi connectivity index (χ0v) is 9.46. The molecular weight excluding hydrogens is 251 g/mol. The number of halogens is 2. The van der Waals surface area contributed by atoms with E-state index < -0.39 is 5.97 Å². The molecule has 0 amide bonds. The van der Waals surface area contributed by atoms with E-state index in [0.29, 0.717) is 21.7 Å². The number of carboxylic acids is 1. The molecular formula is C10H6Cl2N2O2. The third-order valence-corrected chi connectivity index (χ3v) is 2.44. The Morgan fingerprint density at radius 1 is 1.25 bits per heavy atom. The van der Waals surface area contributed by atoms with E-state index >= 15 is 0 Å². The van der Waals surface area contributed by atoms with Crippen LogP contribution >= 0.6 is 23.2 Å². The Morgan fingerprint density at radius 3 is 2.62 bits per heavy atom. The van der Waals surface area contributed by atoms with E-state index in [0.717, 1.165) is 0 Å². The van der Waals surface area contributed by atoms with Crippen molar-refractivity contribution in [1.29, 1.82) is 0 Å². The fourth-order valence-corrected chi connectivity index (χ4v) is 1.78. The number of aromatic nitrogens is 2. The van der Waals surface area contributed by atoms with Gasteiger partial charge in [0.25, 0.3) is 0 Å². The average Bonchev–Trinajstić information content (AvgIpc) is 2.15. The van der Waals surface area contributed by atoms with E-state index in [1.807, 2.05) is 0 Å². The summed E-state index contributed by atoms with van der Waals surface area (Å²) in [5, 5.41) is 9.91. The maximum absolute atomic E-state index is 10.7.